The minimum absolute atomic E-state index is 0.195. The largest absolute Gasteiger partial charge is 0.545 e. The van der Waals surface area contributed by atoms with E-state index in [0.717, 1.165) is 10.6 Å². The zero-order valence-electron chi connectivity index (χ0n) is 7.20. The molecule has 0 unspecified atom stereocenters. The van der Waals surface area contributed by atoms with Gasteiger partial charge in [0.2, 0.25) is 5.88 Å². The van der Waals surface area contributed by atoms with Gasteiger partial charge >= 0.3 is 0 Å². The lowest BCUT2D eigenvalue weighted by molar-refractivity contribution is -0.255. The van der Waals surface area contributed by atoms with Crippen LogP contribution in [0.3, 0.4) is 0 Å². The van der Waals surface area contributed by atoms with Crippen molar-refractivity contribution in [3.8, 4) is 5.88 Å². The van der Waals surface area contributed by atoms with Crippen LogP contribution in [-0.4, -0.2) is 15.6 Å². The molecule has 5 heteroatoms. The van der Waals surface area contributed by atoms with Gasteiger partial charge in [0.05, 0.1) is 11.5 Å². The molecule has 0 aliphatic carbocycles. The summed E-state index contributed by atoms with van der Waals surface area (Å²) in [6, 6.07) is 1.13. The van der Waals surface area contributed by atoms with Crippen molar-refractivity contribution in [1.82, 2.24) is 4.57 Å². The van der Waals surface area contributed by atoms with Crippen LogP contribution < -0.4 is 10.7 Å². The number of carboxylic acid groups (broad SMARTS) is 1. The number of carbonyl (C=O) groups is 1. The number of aromatic nitrogens is 1. The van der Waals surface area contributed by atoms with Gasteiger partial charge in [-0.25, -0.2) is 0 Å². The van der Waals surface area contributed by atoms with Crippen molar-refractivity contribution in [3.05, 3.63) is 27.5 Å². The summed E-state index contributed by atoms with van der Waals surface area (Å²) in [5.74, 6) is -2.07. The maximum atomic E-state index is 11.0. The van der Waals surface area contributed by atoms with Crippen LogP contribution in [0.15, 0.2) is 10.9 Å². The number of hydrogen-bond acceptors (Lipinski definition) is 4. The lowest BCUT2D eigenvalue weighted by Crippen LogP contribution is -2.27. The van der Waals surface area contributed by atoms with E-state index in [9.17, 15) is 19.8 Å². The summed E-state index contributed by atoms with van der Waals surface area (Å²) in [5, 5.41) is 19.8. The fourth-order valence-corrected chi connectivity index (χ4v) is 1.05. The highest BCUT2D eigenvalue weighted by atomic mass is 16.4. The molecule has 0 aromatic carbocycles. The van der Waals surface area contributed by atoms with E-state index in [1.165, 1.54) is 14.0 Å². The number of nitrogens with zero attached hydrogens (tertiary/aromatic N) is 1. The first kappa shape index (κ1) is 9.31. The van der Waals surface area contributed by atoms with E-state index in [0.29, 0.717) is 0 Å². The lowest BCUT2D eigenvalue weighted by atomic mass is 10.1. The summed E-state index contributed by atoms with van der Waals surface area (Å²) in [6.07, 6.45) is 0. The Morgan fingerprint density at radius 3 is 2.62 bits per heavy atom. The SMILES string of the molecule is Cc1cc(=O)n(C)c(O)c1C(=O)[O-]. The Hall–Kier alpha value is -1.78. The van der Waals surface area contributed by atoms with Gasteiger partial charge in [0.15, 0.2) is 0 Å². The Bertz CT molecular complexity index is 419. The maximum absolute atomic E-state index is 11.0. The molecular weight excluding hydrogens is 174 g/mol. The molecule has 5 nitrogen and oxygen atoms in total. The minimum Gasteiger partial charge on any atom is -0.545 e. The second-order valence-corrected chi connectivity index (χ2v) is 2.71. The fraction of sp³-hybridized carbons (Fsp3) is 0.250. The standard InChI is InChI=1S/C8H9NO4/c1-4-3-5(10)9(2)7(11)6(4)8(12)13/h3,11H,1-2H3,(H,12,13)/p-1. The van der Waals surface area contributed by atoms with Crippen molar-refractivity contribution in [2.24, 2.45) is 7.05 Å². The van der Waals surface area contributed by atoms with Crippen LogP contribution in [0.4, 0.5) is 0 Å². The van der Waals surface area contributed by atoms with Gasteiger partial charge in [-0.15, -0.1) is 0 Å². The highest BCUT2D eigenvalue weighted by molar-refractivity contribution is 5.90. The third-order valence-electron chi connectivity index (χ3n) is 1.81. The van der Waals surface area contributed by atoms with E-state index in [1.807, 2.05) is 0 Å². The molecule has 0 saturated heterocycles. The monoisotopic (exact) mass is 182 g/mol. The molecule has 1 aromatic heterocycles. The van der Waals surface area contributed by atoms with Crippen LogP contribution >= 0.6 is 0 Å². The van der Waals surface area contributed by atoms with Crippen molar-refractivity contribution in [3.63, 3.8) is 0 Å². The van der Waals surface area contributed by atoms with Crippen LogP contribution in [0.25, 0.3) is 0 Å². The van der Waals surface area contributed by atoms with Crippen LogP contribution in [0, 0.1) is 6.92 Å². The predicted octanol–water partition coefficient (Wildman–Crippen LogP) is -1.24. The first-order valence-corrected chi connectivity index (χ1v) is 3.56. The molecule has 0 atom stereocenters. The van der Waals surface area contributed by atoms with E-state index in [4.69, 9.17) is 0 Å². The van der Waals surface area contributed by atoms with Gasteiger partial charge in [-0.05, 0) is 12.5 Å². The molecular formula is C8H8NO4-. The van der Waals surface area contributed by atoms with Gasteiger partial charge < -0.3 is 15.0 Å². The average Bonchev–Trinajstić information content (AvgIpc) is 1.99. The Morgan fingerprint density at radius 2 is 2.15 bits per heavy atom. The van der Waals surface area contributed by atoms with Crippen molar-refractivity contribution >= 4 is 5.97 Å². The summed E-state index contributed by atoms with van der Waals surface area (Å²) >= 11 is 0. The number of aryl methyl sites for hydroxylation is 1. The first-order chi connectivity index (χ1) is 5.95. The van der Waals surface area contributed by atoms with Crippen molar-refractivity contribution < 1.29 is 15.0 Å². The smallest absolute Gasteiger partial charge is 0.253 e. The molecule has 70 valence electrons. The van der Waals surface area contributed by atoms with Gasteiger partial charge in [0, 0.05) is 13.1 Å². The second kappa shape index (κ2) is 2.93. The second-order valence-electron chi connectivity index (χ2n) is 2.71. The van der Waals surface area contributed by atoms with Crippen molar-refractivity contribution in [1.29, 1.82) is 0 Å². The van der Waals surface area contributed by atoms with E-state index >= 15 is 0 Å². The number of hydrogen-bond donors (Lipinski definition) is 1. The zero-order valence-corrected chi connectivity index (χ0v) is 7.20. The summed E-state index contributed by atoms with van der Waals surface area (Å²) < 4.78 is 0.845. The Labute approximate surface area is 73.9 Å². The van der Waals surface area contributed by atoms with E-state index in [2.05, 4.69) is 0 Å². The molecule has 0 aliphatic heterocycles. The number of carboxylic acids is 1. The Kier molecular flexibility index (Phi) is 2.10. The summed E-state index contributed by atoms with van der Waals surface area (Å²) in [4.78, 5) is 21.5. The topological polar surface area (TPSA) is 82.4 Å². The van der Waals surface area contributed by atoms with Gasteiger partial charge in [-0.3, -0.25) is 9.36 Å². The lowest BCUT2D eigenvalue weighted by Gasteiger charge is -2.11. The number of rotatable bonds is 1. The van der Waals surface area contributed by atoms with E-state index in [1.54, 1.807) is 0 Å². The maximum Gasteiger partial charge on any atom is 0.253 e. The van der Waals surface area contributed by atoms with Crippen LogP contribution in [0.2, 0.25) is 0 Å². The Balaban J connectivity index is 3.63. The normalized spacial score (nSPS) is 10.0. The third kappa shape index (κ3) is 1.40. The van der Waals surface area contributed by atoms with Crippen LogP contribution in [-0.2, 0) is 7.05 Å². The molecule has 0 saturated carbocycles. The average molecular weight is 182 g/mol. The molecule has 0 radical (unpaired) electrons. The quantitative estimate of drug-likeness (QED) is 0.589. The summed E-state index contributed by atoms with van der Waals surface area (Å²) in [6.45, 7) is 1.42. The van der Waals surface area contributed by atoms with Crippen LogP contribution in [0.5, 0.6) is 5.88 Å². The van der Waals surface area contributed by atoms with E-state index in [-0.39, 0.29) is 11.1 Å². The van der Waals surface area contributed by atoms with Crippen LogP contribution in [0.1, 0.15) is 15.9 Å². The third-order valence-corrected chi connectivity index (χ3v) is 1.81. The zero-order chi connectivity index (χ0) is 10.2. The number of carbonyl (C=O) groups excluding carboxylic acids is 1. The predicted molar refractivity (Wildman–Crippen MR) is 42.4 cm³/mol. The van der Waals surface area contributed by atoms with E-state index < -0.39 is 17.4 Å². The molecule has 0 fully saturated rings. The summed E-state index contributed by atoms with van der Waals surface area (Å²) in [7, 11) is 1.28. The number of aromatic hydroxyl groups is 1. The molecule has 0 amide bonds. The van der Waals surface area contributed by atoms with Gasteiger partial charge in [-0.2, -0.15) is 0 Å². The van der Waals surface area contributed by atoms with Gasteiger partial charge in [0.1, 0.15) is 0 Å². The Morgan fingerprint density at radius 1 is 1.62 bits per heavy atom. The van der Waals surface area contributed by atoms with Gasteiger partial charge in [0.25, 0.3) is 5.56 Å². The molecule has 1 heterocycles. The molecule has 0 bridgehead atoms. The molecule has 0 aliphatic rings. The highest BCUT2D eigenvalue weighted by Crippen LogP contribution is 2.15. The molecule has 1 N–H and O–H groups in total. The highest BCUT2D eigenvalue weighted by Gasteiger charge is 2.10. The number of pyridine rings is 1. The molecule has 1 aromatic rings. The molecule has 1 rings (SSSR count). The fourth-order valence-electron chi connectivity index (χ4n) is 1.05. The summed E-state index contributed by atoms with van der Waals surface area (Å²) in [5.41, 5.74) is -0.609. The minimum atomic E-state index is -1.49. The molecule has 13 heavy (non-hydrogen) atoms. The first-order valence-electron chi connectivity index (χ1n) is 3.56. The molecule has 0 spiro atoms. The van der Waals surface area contributed by atoms with Crippen molar-refractivity contribution in [2.45, 2.75) is 6.92 Å². The van der Waals surface area contributed by atoms with Crippen molar-refractivity contribution in [2.75, 3.05) is 0 Å². The van der Waals surface area contributed by atoms with Gasteiger partial charge in [-0.1, -0.05) is 0 Å². The number of aromatic carboxylic acids is 1.